The molecule has 6 rings (SSSR count). The standard InChI is InChI=1S/C32H32N8/c1-2-3-14-30-33-29(20-17-24-10-6-4-7-11-24)36-40(30)23-25-15-18-27(19-16-25)39-22-21-28(26-12-8-5-9-13-26)31(39)32-34-37-38-35-32/h4-13,15-16,18-19,21-22H,2-3,14,17,20,23H2,1H3,(H,34,35,37,38). The lowest BCUT2D eigenvalue weighted by Gasteiger charge is -2.11. The molecule has 0 aliphatic heterocycles. The molecule has 0 fully saturated rings. The number of hydrogen-bond acceptors (Lipinski definition) is 5. The molecule has 0 aliphatic carbocycles. The number of unbranched alkanes of at least 4 members (excludes halogenated alkanes) is 1. The van der Waals surface area contributed by atoms with Crippen LogP contribution in [-0.4, -0.2) is 40.0 Å². The topological polar surface area (TPSA) is 90.1 Å². The number of rotatable bonds is 11. The fourth-order valence-corrected chi connectivity index (χ4v) is 5.01. The lowest BCUT2D eigenvalue weighted by atomic mass is 10.1. The Kier molecular flexibility index (Phi) is 7.57. The molecule has 0 spiro atoms. The summed E-state index contributed by atoms with van der Waals surface area (Å²) in [7, 11) is 0. The first-order valence-corrected chi connectivity index (χ1v) is 13.8. The Morgan fingerprint density at radius 1 is 0.775 bits per heavy atom. The molecule has 3 heterocycles. The van der Waals surface area contributed by atoms with Gasteiger partial charge >= 0.3 is 0 Å². The first-order chi connectivity index (χ1) is 19.8. The molecule has 0 bridgehead atoms. The van der Waals surface area contributed by atoms with Crippen molar-refractivity contribution in [2.75, 3.05) is 0 Å². The number of benzene rings is 3. The van der Waals surface area contributed by atoms with Gasteiger partial charge in [-0.15, -0.1) is 5.10 Å². The Bertz CT molecular complexity index is 1630. The number of nitrogens with one attached hydrogen (secondary N) is 1. The third-order valence-corrected chi connectivity index (χ3v) is 7.11. The molecule has 8 nitrogen and oxygen atoms in total. The summed E-state index contributed by atoms with van der Waals surface area (Å²) in [6.45, 7) is 2.90. The maximum atomic E-state index is 4.92. The van der Waals surface area contributed by atoms with Crippen LogP contribution in [0.1, 0.15) is 42.5 Å². The van der Waals surface area contributed by atoms with Crippen LogP contribution >= 0.6 is 0 Å². The van der Waals surface area contributed by atoms with Gasteiger partial charge in [0.15, 0.2) is 11.6 Å². The van der Waals surface area contributed by atoms with Gasteiger partial charge in [-0.05, 0) is 58.2 Å². The highest BCUT2D eigenvalue weighted by Gasteiger charge is 2.17. The third-order valence-electron chi connectivity index (χ3n) is 7.11. The lowest BCUT2D eigenvalue weighted by Crippen LogP contribution is -2.07. The molecule has 3 aromatic heterocycles. The van der Waals surface area contributed by atoms with E-state index in [1.807, 2.05) is 18.2 Å². The average molecular weight is 529 g/mol. The highest BCUT2D eigenvalue weighted by Crippen LogP contribution is 2.33. The number of nitrogens with zero attached hydrogens (tertiary/aromatic N) is 7. The fourth-order valence-electron chi connectivity index (χ4n) is 5.01. The van der Waals surface area contributed by atoms with Gasteiger partial charge in [-0.25, -0.2) is 14.8 Å². The van der Waals surface area contributed by atoms with Crippen molar-refractivity contribution in [1.29, 1.82) is 0 Å². The molecule has 0 saturated heterocycles. The Morgan fingerprint density at radius 3 is 2.27 bits per heavy atom. The molecule has 0 unspecified atom stereocenters. The molecule has 200 valence electrons. The van der Waals surface area contributed by atoms with Crippen molar-refractivity contribution < 1.29 is 0 Å². The summed E-state index contributed by atoms with van der Waals surface area (Å²) in [6, 6.07) is 31.5. The van der Waals surface area contributed by atoms with E-state index in [-0.39, 0.29) is 0 Å². The van der Waals surface area contributed by atoms with Crippen molar-refractivity contribution in [3.05, 3.63) is 120 Å². The van der Waals surface area contributed by atoms with Crippen LogP contribution in [0.4, 0.5) is 0 Å². The minimum absolute atomic E-state index is 0.624. The van der Waals surface area contributed by atoms with Gasteiger partial charge in [0.2, 0.25) is 0 Å². The van der Waals surface area contributed by atoms with Crippen LogP contribution in [0.15, 0.2) is 97.2 Å². The predicted octanol–water partition coefficient (Wildman–Crippen LogP) is 6.09. The second kappa shape index (κ2) is 11.9. The maximum Gasteiger partial charge on any atom is 0.197 e. The van der Waals surface area contributed by atoms with Crippen molar-refractivity contribution in [2.45, 2.75) is 45.6 Å². The summed E-state index contributed by atoms with van der Waals surface area (Å²) in [5.74, 6) is 2.60. The molecule has 0 radical (unpaired) electrons. The first kappa shape index (κ1) is 25.4. The zero-order valence-electron chi connectivity index (χ0n) is 22.6. The number of aromatic nitrogens is 8. The normalized spacial score (nSPS) is 11.2. The Balaban J connectivity index is 1.25. The summed E-state index contributed by atoms with van der Waals surface area (Å²) in [6.07, 6.45) is 7.02. The van der Waals surface area contributed by atoms with Crippen molar-refractivity contribution in [1.82, 2.24) is 40.0 Å². The van der Waals surface area contributed by atoms with E-state index in [9.17, 15) is 0 Å². The molecule has 0 saturated carbocycles. The van der Waals surface area contributed by atoms with Crippen LogP contribution < -0.4 is 0 Å². The van der Waals surface area contributed by atoms with Gasteiger partial charge in [0.25, 0.3) is 0 Å². The van der Waals surface area contributed by atoms with Gasteiger partial charge in [-0.1, -0.05) is 86.1 Å². The second-order valence-electron chi connectivity index (χ2n) is 9.92. The monoisotopic (exact) mass is 528 g/mol. The summed E-state index contributed by atoms with van der Waals surface area (Å²) >= 11 is 0. The molecular formula is C32H32N8. The largest absolute Gasteiger partial charge is 0.313 e. The molecule has 0 amide bonds. The molecule has 1 N–H and O–H groups in total. The van der Waals surface area contributed by atoms with E-state index in [2.05, 4.69) is 116 Å². The van der Waals surface area contributed by atoms with Gasteiger partial charge in [-0.3, -0.25) is 0 Å². The molecule has 3 aromatic carbocycles. The number of tetrazole rings is 1. The summed E-state index contributed by atoms with van der Waals surface area (Å²) < 4.78 is 4.21. The van der Waals surface area contributed by atoms with E-state index < -0.39 is 0 Å². The van der Waals surface area contributed by atoms with Crippen molar-refractivity contribution >= 4 is 0 Å². The number of aryl methyl sites for hydroxylation is 3. The predicted molar refractivity (Wildman–Crippen MR) is 156 cm³/mol. The minimum Gasteiger partial charge on any atom is -0.313 e. The van der Waals surface area contributed by atoms with Gasteiger partial charge in [-0.2, -0.15) is 5.10 Å². The Hall–Kier alpha value is -4.85. The zero-order valence-corrected chi connectivity index (χ0v) is 22.6. The van der Waals surface area contributed by atoms with Gasteiger partial charge in [0, 0.05) is 30.3 Å². The van der Waals surface area contributed by atoms with Gasteiger partial charge in [0.1, 0.15) is 11.5 Å². The van der Waals surface area contributed by atoms with E-state index in [0.717, 1.165) is 66.3 Å². The van der Waals surface area contributed by atoms with Crippen LogP contribution in [0.25, 0.3) is 28.3 Å². The van der Waals surface area contributed by atoms with Crippen LogP contribution in [0.5, 0.6) is 0 Å². The summed E-state index contributed by atoms with van der Waals surface area (Å²) in [5.41, 5.74) is 6.62. The van der Waals surface area contributed by atoms with E-state index in [0.29, 0.717) is 12.4 Å². The molecule has 6 aromatic rings. The number of H-pyrrole nitrogens is 1. The summed E-state index contributed by atoms with van der Waals surface area (Å²) in [4.78, 5) is 4.92. The van der Waals surface area contributed by atoms with Crippen LogP contribution in [0.2, 0.25) is 0 Å². The highest BCUT2D eigenvalue weighted by atomic mass is 15.5. The maximum absolute atomic E-state index is 4.92. The number of hydrogen-bond donors (Lipinski definition) is 1. The Labute approximate surface area is 233 Å². The zero-order chi connectivity index (χ0) is 27.1. The van der Waals surface area contributed by atoms with E-state index in [1.54, 1.807) is 0 Å². The second-order valence-corrected chi connectivity index (χ2v) is 9.92. The summed E-state index contributed by atoms with van der Waals surface area (Å²) in [5, 5.41) is 19.7. The molecular weight excluding hydrogens is 496 g/mol. The molecule has 8 heteroatoms. The van der Waals surface area contributed by atoms with Crippen LogP contribution in [0, 0.1) is 0 Å². The lowest BCUT2D eigenvalue weighted by molar-refractivity contribution is 0.613. The van der Waals surface area contributed by atoms with Crippen molar-refractivity contribution in [2.24, 2.45) is 0 Å². The Morgan fingerprint density at radius 2 is 1.55 bits per heavy atom. The van der Waals surface area contributed by atoms with Crippen LogP contribution in [0.3, 0.4) is 0 Å². The quantitative estimate of drug-likeness (QED) is 0.220. The van der Waals surface area contributed by atoms with E-state index in [1.165, 1.54) is 11.1 Å². The minimum atomic E-state index is 0.624. The number of aromatic amines is 1. The van der Waals surface area contributed by atoms with Gasteiger partial charge in [0.05, 0.1) is 6.54 Å². The van der Waals surface area contributed by atoms with E-state index in [4.69, 9.17) is 10.1 Å². The highest BCUT2D eigenvalue weighted by molar-refractivity contribution is 5.80. The van der Waals surface area contributed by atoms with E-state index >= 15 is 0 Å². The SMILES string of the molecule is CCCCc1nc(CCc2ccccc2)nn1Cc1ccc(-n2ccc(-c3ccccc3)c2-c2nnn[nH]2)cc1. The van der Waals surface area contributed by atoms with Crippen molar-refractivity contribution in [3.63, 3.8) is 0 Å². The van der Waals surface area contributed by atoms with Gasteiger partial charge < -0.3 is 4.57 Å². The first-order valence-electron chi connectivity index (χ1n) is 13.8. The molecule has 0 aliphatic rings. The van der Waals surface area contributed by atoms with Crippen molar-refractivity contribution in [3.8, 4) is 28.3 Å². The smallest absolute Gasteiger partial charge is 0.197 e. The van der Waals surface area contributed by atoms with Crippen LogP contribution in [-0.2, 0) is 25.8 Å². The fraction of sp³-hybridized carbons (Fsp3) is 0.219. The molecule has 40 heavy (non-hydrogen) atoms. The molecule has 0 atom stereocenters. The average Bonchev–Trinajstić information content (AvgIpc) is 3.77. The third kappa shape index (κ3) is 5.61.